The van der Waals surface area contributed by atoms with E-state index in [2.05, 4.69) is 0 Å². The molecule has 0 amide bonds. The Kier molecular flexibility index (Phi) is 15.1. The zero-order valence-corrected chi connectivity index (χ0v) is 27.3. The summed E-state index contributed by atoms with van der Waals surface area (Å²) in [6.07, 6.45) is 0.483. The van der Waals surface area contributed by atoms with Crippen LogP contribution in [0.4, 0.5) is 0 Å². The van der Waals surface area contributed by atoms with Gasteiger partial charge in [0.15, 0.2) is 0 Å². The molecule has 0 saturated carbocycles. The lowest BCUT2D eigenvalue weighted by molar-refractivity contribution is -0.188. The average molecular weight is 689 g/mol. The van der Waals surface area contributed by atoms with Gasteiger partial charge in [-0.25, -0.2) is 19.2 Å². The monoisotopic (exact) mass is 688 g/mol. The molecule has 48 heavy (non-hydrogen) atoms. The predicted molar refractivity (Wildman–Crippen MR) is 159 cm³/mol. The van der Waals surface area contributed by atoms with Gasteiger partial charge < -0.3 is 56.8 Å². The highest BCUT2D eigenvalue weighted by Crippen LogP contribution is 2.22. The molecule has 0 aromatic rings. The van der Waals surface area contributed by atoms with Crippen molar-refractivity contribution in [1.29, 1.82) is 0 Å². The number of ether oxygens (including phenoxy) is 12. The second-order valence-corrected chi connectivity index (χ2v) is 12.4. The number of fused-ring (bicyclic) bond motifs is 4. The lowest BCUT2D eigenvalue weighted by Crippen LogP contribution is -2.44. The Morgan fingerprint density at radius 3 is 0.792 bits per heavy atom. The van der Waals surface area contributed by atoms with Gasteiger partial charge in [-0.1, -0.05) is 0 Å². The Hall–Kier alpha value is -2.44. The standard InChI is InChI=1S/C32H48O16/c33-29-17-38-14-26-22(6-2-10-42-26)47-31(35)19-40-16-28-24(8-4-12-44-28)48-32(36)20-39-15-27-23(7-3-11-43-27)46-30(34)18-37-13-25-21(45-29)5-1-9-41-25/h21-28H,1-20H2/t21-,22-,23-,24-,25-,26-,27-,28-/m1/s1. The molecule has 5 aliphatic rings. The molecule has 5 heterocycles. The molecule has 5 fully saturated rings. The minimum atomic E-state index is -0.583. The molecule has 0 aliphatic carbocycles. The summed E-state index contributed by atoms with van der Waals surface area (Å²) in [5.41, 5.74) is 0. The Morgan fingerprint density at radius 1 is 0.333 bits per heavy atom. The van der Waals surface area contributed by atoms with Crippen LogP contribution in [0.1, 0.15) is 51.4 Å². The van der Waals surface area contributed by atoms with Gasteiger partial charge in [0.05, 0.1) is 26.4 Å². The van der Waals surface area contributed by atoms with E-state index in [9.17, 15) is 19.2 Å². The molecular formula is C32H48O16. The summed E-state index contributed by atoms with van der Waals surface area (Å²) >= 11 is 0. The van der Waals surface area contributed by atoms with E-state index in [-0.39, 0.29) is 52.9 Å². The third-order valence-electron chi connectivity index (χ3n) is 8.66. The molecule has 5 rings (SSSR count). The Balaban J connectivity index is 1.19. The molecule has 16 nitrogen and oxygen atoms in total. The van der Waals surface area contributed by atoms with E-state index in [4.69, 9.17) is 56.8 Å². The zero-order chi connectivity index (χ0) is 33.6. The van der Waals surface area contributed by atoms with Crippen LogP contribution in [0.2, 0.25) is 0 Å². The highest BCUT2D eigenvalue weighted by Gasteiger charge is 2.35. The average Bonchev–Trinajstić information content (AvgIpc) is 3.07. The maximum atomic E-state index is 12.6. The van der Waals surface area contributed by atoms with Crippen molar-refractivity contribution >= 4 is 23.9 Å². The van der Waals surface area contributed by atoms with Crippen molar-refractivity contribution in [3.05, 3.63) is 0 Å². The molecule has 0 aromatic heterocycles. The number of carbonyl (C=O) groups is 4. The Labute approximate surface area is 279 Å². The van der Waals surface area contributed by atoms with Crippen LogP contribution in [-0.4, -0.2) is 152 Å². The predicted octanol–water partition coefficient (Wildman–Crippen LogP) is 0.430. The quantitative estimate of drug-likeness (QED) is 0.252. The minimum Gasteiger partial charge on any atom is -0.458 e. The largest absolute Gasteiger partial charge is 0.458 e. The van der Waals surface area contributed by atoms with Crippen LogP contribution in [0.3, 0.4) is 0 Å². The van der Waals surface area contributed by atoms with Crippen molar-refractivity contribution in [3.63, 3.8) is 0 Å². The minimum absolute atomic E-state index is 0.0172. The van der Waals surface area contributed by atoms with Gasteiger partial charge in [-0.05, 0) is 51.4 Å². The first-order chi connectivity index (χ1) is 23.4. The number of rotatable bonds is 0. The van der Waals surface area contributed by atoms with Crippen LogP contribution < -0.4 is 0 Å². The fraction of sp³-hybridized carbons (Fsp3) is 0.875. The molecule has 0 radical (unpaired) electrons. The van der Waals surface area contributed by atoms with Crippen molar-refractivity contribution in [3.8, 4) is 0 Å². The second-order valence-electron chi connectivity index (χ2n) is 12.4. The van der Waals surface area contributed by atoms with E-state index >= 15 is 0 Å². The molecule has 5 saturated heterocycles. The molecule has 5 aliphatic heterocycles. The van der Waals surface area contributed by atoms with E-state index in [1.807, 2.05) is 0 Å². The van der Waals surface area contributed by atoms with Gasteiger partial charge in [-0.15, -0.1) is 0 Å². The summed E-state index contributed by atoms with van der Waals surface area (Å²) in [6.45, 7) is 0.618. The fourth-order valence-corrected chi connectivity index (χ4v) is 6.26. The Bertz CT molecular complexity index is 880. The number of esters is 4. The molecule has 0 spiro atoms. The van der Waals surface area contributed by atoms with Crippen LogP contribution in [0.15, 0.2) is 0 Å². The van der Waals surface area contributed by atoms with E-state index in [1.165, 1.54) is 0 Å². The summed E-state index contributed by atoms with van der Waals surface area (Å²) in [6, 6.07) is 0. The van der Waals surface area contributed by atoms with Crippen molar-refractivity contribution < 1.29 is 76.0 Å². The lowest BCUT2D eigenvalue weighted by atomic mass is 10.1. The summed E-state index contributed by atoms with van der Waals surface area (Å²) in [7, 11) is 0. The summed E-state index contributed by atoms with van der Waals surface area (Å²) in [4.78, 5) is 50.6. The van der Waals surface area contributed by atoms with Crippen LogP contribution >= 0.6 is 0 Å². The van der Waals surface area contributed by atoms with Gasteiger partial charge in [0.1, 0.15) is 75.3 Å². The molecule has 0 aromatic carbocycles. The normalized spacial score (nSPS) is 36.5. The van der Waals surface area contributed by atoms with Crippen LogP contribution in [-0.2, 0) is 76.0 Å². The number of hydrogen-bond acceptors (Lipinski definition) is 16. The summed E-state index contributed by atoms with van der Waals surface area (Å²) in [5, 5.41) is 0. The van der Waals surface area contributed by atoms with E-state index < -0.39 is 72.7 Å². The highest BCUT2D eigenvalue weighted by molar-refractivity contribution is 5.72. The molecule has 272 valence electrons. The van der Waals surface area contributed by atoms with Crippen LogP contribution in [0.5, 0.6) is 0 Å². The fourth-order valence-electron chi connectivity index (χ4n) is 6.26. The Morgan fingerprint density at radius 2 is 0.562 bits per heavy atom. The topological polar surface area (TPSA) is 179 Å². The summed E-state index contributed by atoms with van der Waals surface area (Å²) < 4.78 is 68.0. The zero-order valence-electron chi connectivity index (χ0n) is 27.3. The molecule has 8 atom stereocenters. The van der Waals surface area contributed by atoms with Crippen LogP contribution in [0, 0.1) is 0 Å². The van der Waals surface area contributed by atoms with E-state index in [0.717, 1.165) is 0 Å². The van der Waals surface area contributed by atoms with Crippen molar-refractivity contribution in [2.24, 2.45) is 0 Å². The highest BCUT2D eigenvalue weighted by atomic mass is 16.6. The first kappa shape index (κ1) is 36.8. The third-order valence-corrected chi connectivity index (χ3v) is 8.66. The third kappa shape index (κ3) is 11.9. The van der Waals surface area contributed by atoms with Gasteiger partial charge in [-0.2, -0.15) is 0 Å². The molecular weight excluding hydrogens is 640 g/mol. The van der Waals surface area contributed by atoms with E-state index in [0.29, 0.717) is 77.8 Å². The van der Waals surface area contributed by atoms with Gasteiger partial charge >= 0.3 is 23.9 Å². The SMILES string of the molecule is O=C1COC[C@H]2OCCC[C@H]2OC(=O)COC[C@H]2OCCC[C@H]2OC(=O)COC[C@H]2OCCC[C@H]2OC(=O)COC[C@H]2OCCC[C@H]2O1. The molecule has 16 heteroatoms. The van der Waals surface area contributed by atoms with Gasteiger partial charge in [0.2, 0.25) is 0 Å². The van der Waals surface area contributed by atoms with Gasteiger partial charge in [-0.3, -0.25) is 0 Å². The van der Waals surface area contributed by atoms with Crippen molar-refractivity contribution in [2.45, 2.75) is 100 Å². The van der Waals surface area contributed by atoms with Gasteiger partial charge in [0.25, 0.3) is 0 Å². The first-order valence-corrected chi connectivity index (χ1v) is 17.0. The van der Waals surface area contributed by atoms with E-state index in [1.54, 1.807) is 0 Å². The maximum absolute atomic E-state index is 12.6. The lowest BCUT2D eigenvalue weighted by Gasteiger charge is -2.33. The molecule has 0 unspecified atom stereocenters. The number of hydrogen-bond donors (Lipinski definition) is 0. The van der Waals surface area contributed by atoms with Crippen LogP contribution in [0.25, 0.3) is 0 Å². The smallest absolute Gasteiger partial charge is 0.332 e. The summed E-state index contributed by atoms with van der Waals surface area (Å²) in [5.74, 6) is -2.33. The second kappa shape index (κ2) is 19.7. The molecule has 0 bridgehead atoms. The van der Waals surface area contributed by atoms with Gasteiger partial charge in [0, 0.05) is 26.4 Å². The first-order valence-electron chi connectivity index (χ1n) is 17.0. The molecule has 0 N–H and O–H groups in total. The van der Waals surface area contributed by atoms with Crippen molar-refractivity contribution in [1.82, 2.24) is 0 Å². The maximum Gasteiger partial charge on any atom is 0.332 e. The number of carbonyl (C=O) groups excluding carboxylic acids is 4. The van der Waals surface area contributed by atoms with Crippen molar-refractivity contribution in [2.75, 3.05) is 79.3 Å².